The molecule has 0 aliphatic heterocycles. The van der Waals surface area contributed by atoms with Crippen molar-refractivity contribution in [1.29, 1.82) is 0 Å². The predicted molar refractivity (Wildman–Crippen MR) is 54.9 cm³/mol. The maximum Gasteiger partial charge on any atom is 0.306 e. The molecule has 5 heteroatoms. The fourth-order valence-corrected chi connectivity index (χ4v) is 2.09. The zero-order valence-electron chi connectivity index (χ0n) is 8.86. The smallest absolute Gasteiger partial charge is 0.306 e. The van der Waals surface area contributed by atoms with E-state index in [4.69, 9.17) is 5.11 Å². The molecule has 1 N–H and O–H groups in total. The van der Waals surface area contributed by atoms with Crippen LogP contribution >= 0.6 is 0 Å². The first-order chi connectivity index (χ1) is 6.30. The largest absolute Gasteiger partial charge is 0.481 e. The summed E-state index contributed by atoms with van der Waals surface area (Å²) in [6.45, 7) is 5.15. The molecule has 0 aliphatic carbocycles. The van der Waals surface area contributed by atoms with Gasteiger partial charge in [0.05, 0.1) is 11.7 Å². The van der Waals surface area contributed by atoms with Gasteiger partial charge in [-0.25, -0.2) is 8.42 Å². The molecule has 0 saturated carbocycles. The van der Waals surface area contributed by atoms with Crippen molar-refractivity contribution in [3.63, 3.8) is 0 Å². The van der Waals surface area contributed by atoms with E-state index < -0.39 is 21.7 Å². The van der Waals surface area contributed by atoms with E-state index in [-0.39, 0.29) is 23.8 Å². The minimum Gasteiger partial charge on any atom is -0.481 e. The van der Waals surface area contributed by atoms with Crippen LogP contribution in [0.3, 0.4) is 0 Å². The Morgan fingerprint density at radius 3 is 2.14 bits per heavy atom. The van der Waals surface area contributed by atoms with E-state index >= 15 is 0 Å². The normalized spacial score (nSPS) is 14.3. The lowest BCUT2D eigenvalue weighted by molar-refractivity contribution is -0.143. The molecule has 0 aromatic rings. The van der Waals surface area contributed by atoms with Gasteiger partial charge < -0.3 is 5.11 Å². The predicted octanol–water partition coefficient (Wildman–Crippen LogP) is 1.17. The third-order valence-electron chi connectivity index (χ3n) is 2.30. The van der Waals surface area contributed by atoms with Crippen LogP contribution in [0, 0.1) is 11.8 Å². The number of hydrogen-bond donors (Lipinski definition) is 1. The number of carboxylic acid groups (broad SMARTS) is 1. The Hall–Kier alpha value is -0.580. The third-order valence-corrected chi connectivity index (χ3v) is 4.04. The highest BCUT2D eigenvalue weighted by Gasteiger charge is 2.23. The molecule has 0 fully saturated rings. The number of carbonyl (C=O) groups is 1. The van der Waals surface area contributed by atoms with Gasteiger partial charge in [-0.05, 0) is 12.3 Å². The molecule has 1 atom stereocenters. The van der Waals surface area contributed by atoms with E-state index in [1.807, 2.05) is 0 Å². The van der Waals surface area contributed by atoms with Gasteiger partial charge in [0.15, 0.2) is 0 Å². The van der Waals surface area contributed by atoms with Crippen molar-refractivity contribution in [2.24, 2.45) is 11.8 Å². The molecule has 0 spiro atoms. The minimum absolute atomic E-state index is 0.0282. The number of aliphatic carboxylic acids is 1. The van der Waals surface area contributed by atoms with Crippen LogP contribution in [0.2, 0.25) is 0 Å². The summed E-state index contributed by atoms with van der Waals surface area (Å²) in [6.07, 6.45) is 0.211. The first-order valence-corrected chi connectivity index (χ1v) is 6.55. The highest BCUT2D eigenvalue weighted by atomic mass is 32.2. The molecular formula is C9H18O4S. The first kappa shape index (κ1) is 13.4. The lowest BCUT2D eigenvalue weighted by Gasteiger charge is -2.15. The second kappa shape index (κ2) is 5.34. The highest BCUT2D eigenvalue weighted by molar-refractivity contribution is 7.91. The van der Waals surface area contributed by atoms with Crippen molar-refractivity contribution in [3.05, 3.63) is 0 Å². The molecule has 0 saturated heterocycles. The van der Waals surface area contributed by atoms with Crippen LogP contribution in [-0.4, -0.2) is 31.0 Å². The molecule has 14 heavy (non-hydrogen) atoms. The number of rotatable bonds is 6. The molecule has 84 valence electrons. The molecule has 0 aromatic carbocycles. The topological polar surface area (TPSA) is 71.4 Å². The van der Waals surface area contributed by atoms with Crippen molar-refractivity contribution in [3.8, 4) is 0 Å². The highest BCUT2D eigenvalue weighted by Crippen LogP contribution is 2.16. The van der Waals surface area contributed by atoms with Crippen molar-refractivity contribution in [2.75, 3.05) is 11.5 Å². The molecule has 4 nitrogen and oxygen atoms in total. The van der Waals surface area contributed by atoms with E-state index in [0.717, 1.165) is 0 Å². The van der Waals surface area contributed by atoms with Gasteiger partial charge in [-0.3, -0.25) is 4.79 Å². The average Bonchev–Trinajstić information content (AvgIpc) is 2.03. The summed E-state index contributed by atoms with van der Waals surface area (Å²) in [7, 11) is -3.04. The summed E-state index contributed by atoms with van der Waals surface area (Å²) >= 11 is 0. The molecule has 0 aromatic heterocycles. The average molecular weight is 222 g/mol. The lowest BCUT2D eigenvalue weighted by atomic mass is 9.94. The molecule has 0 aliphatic rings. The summed E-state index contributed by atoms with van der Waals surface area (Å²) in [4.78, 5) is 10.8. The van der Waals surface area contributed by atoms with Crippen molar-refractivity contribution in [1.82, 2.24) is 0 Å². The fourth-order valence-electron chi connectivity index (χ4n) is 1.19. The molecule has 0 radical (unpaired) electrons. The molecule has 1 unspecified atom stereocenters. The Kier molecular flexibility index (Phi) is 5.12. The van der Waals surface area contributed by atoms with Crippen molar-refractivity contribution in [2.45, 2.75) is 27.2 Å². The van der Waals surface area contributed by atoms with E-state index in [9.17, 15) is 13.2 Å². The van der Waals surface area contributed by atoms with Crippen LogP contribution in [0.15, 0.2) is 0 Å². The maximum absolute atomic E-state index is 11.2. The minimum atomic E-state index is -3.04. The second-order valence-electron chi connectivity index (χ2n) is 3.71. The molecular weight excluding hydrogens is 204 g/mol. The molecule has 0 rings (SSSR count). The summed E-state index contributed by atoms with van der Waals surface area (Å²) in [5, 5.41) is 8.82. The Morgan fingerprint density at radius 2 is 1.86 bits per heavy atom. The third kappa shape index (κ3) is 4.60. The monoisotopic (exact) mass is 222 g/mol. The van der Waals surface area contributed by atoms with E-state index in [0.29, 0.717) is 0 Å². The van der Waals surface area contributed by atoms with Gasteiger partial charge in [-0.2, -0.15) is 0 Å². The lowest BCUT2D eigenvalue weighted by Crippen LogP contribution is -2.23. The number of hydrogen-bond acceptors (Lipinski definition) is 3. The summed E-state index contributed by atoms with van der Waals surface area (Å²) in [5.74, 6) is -1.45. The van der Waals surface area contributed by atoms with Crippen LogP contribution < -0.4 is 0 Å². The van der Waals surface area contributed by atoms with E-state index in [2.05, 4.69) is 0 Å². The second-order valence-corrected chi connectivity index (χ2v) is 6.19. The summed E-state index contributed by atoms with van der Waals surface area (Å²) in [5.41, 5.74) is 0. The van der Waals surface area contributed by atoms with Gasteiger partial charge in [0.2, 0.25) is 0 Å². The van der Waals surface area contributed by atoms with Crippen LogP contribution in [0.1, 0.15) is 27.2 Å². The van der Waals surface area contributed by atoms with Crippen molar-refractivity contribution >= 4 is 15.8 Å². The molecule has 0 amide bonds. The van der Waals surface area contributed by atoms with Crippen molar-refractivity contribution < 1.29 is 18.3 Å². The number of sulfone groups is 1. The zero-order chi connectivity index (χ0) is 11.4. The quantitative estimate of drug-likeness (QED) is 0.732. The Labute approximate surface area is 85.2 Å². The fraction of sp³-hybridized carbons (Fsp3) is 0.889. The summed E-state index contributed by atoms with van der Waals surface area (Å²) < 4.78 is 22.3. The SMILES string of the molecule is CCS(=O)(=O)CCC(C(=O)O)C(C)C. The van der Waals surface area contributed by atoms with Gasteiger partial charge in [-0.15, -0.1) is 0 Å². The number of carboxylic acids is 1. The van der Waals surface area contributed by atoms with Gasteiger partial charge in [0.25, 0.3) is 0 Å². The van der Waals surface area contributed by atoms with Crippen LogP contribution in [0.25, 0.3) is 0 Å². The standard InChI is InChI=1S/C9H18O4S/c1-4-14(12,13)6-5-8(7(2)3)9(10)11/h7-8H,4-6H2,1-3H3,(H,10,11). The molecule has 0 bridgehead atoms. The van der Waals surface area contributed by atoms with Crippen LogP contribution in [-0.2, 0) is 14.6 Å². The zero-order valence-corrected chi connectivity index (χ0v) is 9.67. The van der Waals surface area contributed by atoms with Crippen LogP contribution in [0.5, 0.6) is 0 Å². The molecule has 0 heterocycles. The Balaban J connectivity index is 4.28. The van der Waals surface area contributed by atoms with E-state index in [1.165, 1.54) is 0 Å². The first-order valence-electron chi connectivity index (χ1n) is 4.73. The van der Waals surface area contributed by atoms with Crippen LogP contribution in [0.4, 0.5) is 0 Å². The van der Waals surface area contributed by atoms with Gasteiger partial charge in [0.1, 0.15) is 9.84 Å². The van der Waals surface area contributed by atoms with Gasteiger partial charge >= 0.3 is 5.97 Å². The summed E-state index contributed by atoms with van der Waals surface area (Å²) in [6, 6.07) is 0. The van der Waals surface area contributed by atoms with Gasteiger partial charge in [-0.1, -0.05) is 20.8 Å². The van der Waals surface area contributed by atoms with Gasteiger partial charge in [0, 0.05) is 5.75 Å². The maximum atomic E-state index is 11.2. The Morgan fingerprint density at radius 1 is 1.36 bits per heavy atom. The Bertz CT molecular complexity index is 279. The van der Waals surface area contributed by atoms with E-state index in [1.54, 1.807) is 20.8 Å².